The number of unbranched alkanes of at least 4 members (excludes halogenated alkanes) is 5. The quantitative estimate of drug-likeness (QED) is 0.0983. The molecule has 0 atom stereocenters. The van der Waals surface area contributed by atoms with Crippen LogP contribution in [0.5, 0.6) is 17.2 Å². The Balaban J connectivity index is 1.57. The lowest BCUT2D eigenvalue weighted by Gasteiger charge is -2.26. The van der Waals surface area contributed by atoms with Crippen LogP contribution in [0, 0.1) is 0 Å². The molecule has 4 rings (SSSR count). The highest BCUT2D eigenvalue weighted by Crippen LogP contribution is 2.38. The van der Waals surface area contributed by atoms with Crippen molar-refractivity contribution < 1.29 is 19.0 Å². The zero-order valence-electron chi connectivity index (χ0n) is 24.1. The van der Waals surface area contributed by atoms with Gasteiger partial charge in [-0.1, -0.05) is 51.2 Å². The van der Waals surface area contributed by atoms with Gasteiger partial charge in [0.05, 0.1) is 25.3 Å². The Labute approximate surface area is 252 Å². The van der Waals surface area contributed by atoms with Gasteiger partial charge in [-0.15, -0.1) is 0 Å². The van der Waals surface area contributed by atoms with Crippen molar-refractivity contribution >= 4 is 39.3 Å². The molecule has 0 saturated heterocycles. The van der Waals surface area contributed by atoms with Gasteiger partial charge in [0, 0.05) is 22.6 Å². The summed E-state index contributed by atoms with van der Waals surface area (Å²) in [5.74, 6) is 2.29. The summed E-state index contributed by atoms with van der Waals surface area (Å²) in [7, 11) is 3.32. The maximum absolute atomic E-state index is 12.1. The third-order valence-corrected chi connectivity index (χ3v) is 7.70. The van der Waals surface area contributed by atoms with E-state index in [1.165, 1.54) is 25.7 Å². The van der Waals surface area contributed by atoms with Crippen molar-refractivity contribution in [2.24, 2.45) is 0 Å². The molecular weight excluding hydrogens is 578 g/mol. The number of anilines is 3. The number of halogens is 1. The molecule has 0 aliphatic heterocycles. The summed E-state index contributed by atoms with van der Waals surface area (Å²) < 4.78 is 17.6. The third kappa shape index (κ3) is 7.92. The first kappa shape index (κ1) is 30.2. The highest BCUT2D eigenvalue weighted by atomic mass is 79.9. The molecule has 0 bridgehead atoms. The van der Waals surface area contributed by atoms with E-state index in [0.717, 1.165) is 63.3 Å². The largest absolute Gasteiger partial charge is 0.497 e. The summed E-state index contributed by atoms with van der Waals surface area (Å²) in [5, 5.41) is 0. The van der Waals surface area contributed by atoms with E-state index in [1.54, 1.807) is 14.2 Å². The molecule has 0 amide bonds. The van der Waals surface area contributed by atoms with E-state index in [1.807, 2.05) is 72.8 Å². The zero-order valence-corrected chi connectivity index (χ0v) is 25.7. The van der Waals surface area contributed by atoms with E-state index < -0.39 is 0 Å². The van der Waals surface area contributed by atoms with Crippen LogP contribution in [0.2, 0.25) is 0 Å². The molecule has 0 fully saturated rings. The number of aldehydes is 1. The molecular formula is C35H38BrNO4. The molecule has 0 aliphatic rings. The fourth-order valence-electron chi connectivity index (χ4n) is 4.79. The summed E-state index contributed by atoms with van der Waals surface area (Å²) in [6.45, 7) is 2.87. The molecule has 0 N–H and O–H groups in total. The van der Waals surface area contributed by atoms with Gasteiger partial charge in [0.1, 0.15) is 17.2 Å². The van der Waals surface area contributed by atoms with Gasteiger partial charge in [-0.2, -0.15) is 0 Å². The topological polar surface area (TPSA) is 48.0 Å². The Morgan fingerprint density at radius 2 is 1.22 bits per heavy atom. The Morgan fingerprint density at radius 1 is 0.707 bits per heavy atom. The van der Waals surface area contributed by atoms with Gasteiger partial charge in [-0.25, -0.2) is 0 Å². The lowest BCUT2D eigenvalue weighted by Crippen LogP contribution is -2.09. The van der Waals surface area contributed by atoms with Crippen molar-refractivity contribution in [3.8, 4) is 28.4 Å². The van der Waals surface area contributed by atoms with Crippen LogP contribution in [0.1, 0.15) is 55.8 Å². The molecule has 6 heteroatoms. The van der Waals surface area contributed by atoms with Crippen LogP contribution in [0.4, 0.5) is 17.1 Å². The SMILES string of the molecule is CCCCCCCCOc1cc(C=O)c(-c2ccc(N(c3ccc(OC)cc3)c3ccc(OC)cc3)cc2)cc1Br. The summed E-state index contributed by atoms with van der Waals surface area (Å²) in [4.78, 5) is 14.3. The molecule has 0 unspecified atom stereocenters. The van der Waals surface area contributed by atoms with Crippen LogP contribution < -0.4 is 19.1 Å². The van der Waals surface area contributed by atoms with Crippen molar-refractivity contribution in [3.05, 3.63) is 95.0 Å². The number of ether oxygens (including phenoxy) is 3. The van der Waals surface area contributed by atoms with Gasteiger partial charge in [-0.05, 0) is 106 Å². The fraction of sp³-hybridized carbons (Fsp3) is 0.286. The average Bonchev–Trinajstić information content (AvgIpc) is 3.02. The second-order valence-corrected chi connectivity index (χ2v) is 10.7. The summed E-state index contributed by atoms with van der Waals surface area (Å²) in [6.07, 6.45) is 8.12. The second-order valence-electron chi connectivity index (χ2n) is 9.88. The number of rotatable bonds is 15. The van der Waals surface area contributed by atoms with Crippen LogP contribution in [0.3, 0.4) is 0 Å². The fourth-order valence-corrected chi connectivity index (χ4v) is 5.25. The molecule has 4 aromatic rings. The minimum Gasteiger partial charge on any atom is -0.497 e. The van der Waals surface area contributed by atoms with Gasteiger partial charge in [0.15, 0.2) is 6.29 Å². The molecule has 0 heterocycles. The lowest BCUT2D eigenvalue weighted by atomic mass is 9.99. The van der Waals surface area contributed by atoms with Crippen molar-refractivity contribution in [2.45, 2.75) is 45.4 Å². The lowest BCUT2D eigenvalue weighted by molar-refractivity contribution is 0.112. The molecule has 41 heavy (non-hydrogen) atoms. The van der Waals surface area contributed by atoms with Gasteiger partial charge in [0.25, 0.3) is 0 Å². The maximum atomic E-state index is 12.1. The first-order valence-corrected chi connectivity index (χ1v) is 15.0. The molecule has 0 spiro atoms. The smallest absolute Gasteiger partial charge is 0.150 e. The number of hydrogen-bond donors (Lipinski definition) is 0. The van der Waals surface area contributed by atoms with E-state index >= 15 is 0 Å². The van der Waals surface area contributed by atoms with Crippen LogP contribution in [0.15, 0.2) is 89.4 Å². The Hall–Kier alpha value is -3.77. The van der Waals surface area contributed by atoms with Crippen molar-refractivity contribution in [3.63, 3.8) is 0 Å². The first-order chi connectivity index (χ1) is 20.1. The van der Waals surface area contributed by atoms with Crippen LogP contribution in [-0.4, -0.2) is 27.1 Å². The molecule has 4 aromatic carbocycles. The highest BCUT2D eigenvalue weighted by molar-refractivity contribution is 9.10. The highest BCUT2D eigenvalue weighted by Gasteiger charge is 2.15. The molecule has 0 saturated carbocycles. The molecule has 0 aliphatic carbocycles. The van der Waals surface area contributed by atoms with Gasteiger partial charge < -0.3 is 19.1 Å². The molecule has 0 radical (unpaired) electrons. The van der Waals surface area contributed by atoms with E-state index in [0.29, 0.717) is 17.9 Å². The van der Waals surface area contributed by atoms with E-state index in [4.69, 9.17) is 14.2 Å². The minimum atomic E-state index is 0.598. The van der Waals surface area contributed by atoms with Crippen molar-refractivity contribution in [1.82, 2.24) is 0 Å². The molecule has 5 nitrogen and oxygen atoms in total. The first-order valence-electron chi connectivity index (χ1n) is 14.2. The van der Waals surface area contributed by atoms with Crippen molar-refractivity contribution in [1.29, 1.82) is 0 Å². The Bertz CT molecular complexity index is 1340. The maximum Gasteiger partial charge on any atom is 0.150 e. The summed E-state index contributed by atoms with van der Waals surface area (Å²) in [6, 6.07) is 27.9. The second kappa shape index (κ2) is 15.3. The van der Waals surface area contributed by atoms with E-state index in [9.17, 15) is 4.79 Å². The van der Waals surface area contributed by atoms with Gasteiger partial charge in [0.2, 0.25) is 0 Å². The van der Waals surface area contributed by atoms with Crippen LogP contribution >= 0.6 is 15.9 Å². The average molecular weight is 617 g/mol. The van der Waals surface area contributed by atoms with Gasteiger partial charge in [-0.3, -0.25) is 4.79 Å². The van der Waals surface area contributed by atoms with Crippen molar-refractivity contribution in [2.75, 3.05) is 25.7 Å². The van der Waals surface area contributed by atoms with E-state index in [2.05, 4.69) is 39.9 Å². The summed E-state index contributed by atoms with van der Waals surface area (Å²) >= 11 is 3.66. The summed E-state index contributed by atoms with van der Waals surface area (Å²) in [5.41, 5.74) is 5.36. The third-order valence-electron chi connectivity index (χ3n) is 7.08. The number of carbonyl (C=O) groups is 1. The number of hydrogen-bond acceptors (Lipinski definition) is 5. The molecule has 214 valence electrons. The number of carbonyl (C=O) groups excluding carboxylic acids is 1. The van der Waals surface area contributed by atoms with Crippen LogP contribution in [-0.2, 0) is 0 Å². The number of nitrogens with zero attached hydrogens (tertiary/aromatic N) is 1. The normalized spacial score (nSPS) is 10.7. The van der Waals surface area contributed by atoms with Gasteiger partial charge >= 0.3 is 0 Å². The molecule has 0 aromatic heterocycles. The predicted molar refractivity (Wildman–Crippen MR) is 172 cm³/mol. The van der Waals surface area contributed by atoms with E-state index in [-0.39, 0.29) is 0 Å². The standard InChI is InChI=1S/C35H38BrNO4/c1-4-5-6-7-8-9-22-41-35-23-27(25-38)33(24-34(35)36)26-10-12-28(13-11-26)37(29-14-18-31(39-2)19-15-29)30-16-20-32(40-3)21-17-30/h10-21,23-25H,4-9,22H2,1-3H3. The monoisotopic (exact) mass is 615 g/mol. The minimum absolute atomic E-state index is 0.598. The number of benzene rings is 4. The number of methoxy groups -OCH3 is 2. The predicted octanol–water partition coefficient (Wildman–Crippen LogP) is 10.2. The zero-order chi connectivity index (χ0) is 29.0. The Kier molecular flexibility index (Phi) is 11.3. The van der Waals surface area contributed by atoms with Crippen LogP contribution in [0.25, 0.3) is 11.1 Å². The Morgan fingerprint density at radius 3 is 1.73 bits per heavy atom.